The summed E-state index contributed by atoms with van der Waals surface area (Å²) >= 11 is 7.53. The quantitative estimate of drug-likeness (QED) is 0.269. The molecule has 0 atom stereocenters. The Morgan fingerprint density at radius 2 is 1.73 bits per heavy atom. The fourth-order valence-corrected chi connectivity index (χ4v) is 4.29. The Morgan fingerprint density at radius 1 is 0.962 bits per heavy atom. The van der Waals surface area contributed by atoms with Crippen molar-refractivity contribution >= 4 is 45.9 Å². The van der Waals surface area contributed by atoms with Crippen LogP contribution in [-0.2, 0) is 0 Å². The van der Waals surface area contributed by atoms with E-state index in [1.165, 1.54) is 4.90 Å². The Kier molecular flexibility index (Phi) is 4.96. The lowest BCUT2D eigenvalue weighted by Gasteiger charge is -2.12. The minimum absolute atomic E-state index is 0.648. The molecule has 4 rings (SSSR count). The third kappa shape index (κ3) is 3.22. The van der Waals surface area contributed by atoms with Gasteiger partial charge in [-0.25, -0.2) is 0 Å². The number of benzene rings is 3. The number of fused-ring (bicyclic) bond motifs is 2. The highest BCUT2D eigenvalue weighted by molar-refractivity contribution is 7.99. The third-order valence-electron chi connectivity index (χ3n) is 4.09. The maximum absolute atomic E-state index is 6.23. The first-order valence-electron chi connectivity index (χ1n) is 8.62. The van der Waals surface area contributed by atoms with E-state index >= 15 is 0 Å². The fourth-order valence-electron chi connectivity index (χ4n) is 2.88. The van der Waals surface area contributed by atoms with Gasteiger partial charge in [-0.2, -0.15) is 0 Å². The Bertz CT molecular complexity index is 1120. The van der Waals surface area contributed by atoms with Gasteiger partial charge < -0.3 is 9.15 Å². The van der Waals surface area contributed by atoms with E-state index in [9.17, 15) is 0 Å². The number of ether oxygens (including phenoxy) is 1. The summed E-state index contributed by atoms with van der Waals surface area (Å²) in [5.41, 5.74) is 1.51. The summed E-state index contributed by atoms with van der Waals surface area (Å²) in [4.78, 5) is 2.24. The van der Waals surface area contributed by atoms with Crippen LogP contribution in [0.2, 0.25) is 0 Å². The average molecular weight is 379 g/mol. The van der Waals surface area contributed by atoms with Gasteiger partial charge in [-0.1, -0.05) is 61.2 Å². The standard InChI is InChI=1S/C22H18O2S2/c1-2-14-23-18-12-13-19(26-15-8-4-3-5-9-15)20-21(18)24-17-11-7-6-10-16(17)22(20)25/h3-13H,2,14H2,1H3. The average Bonchev–Trinajstić information content (AvgIpc) is 2.68. The molecule has 0 saturated heterocycles. The summed E-state index contributed by atoms with van der Waals surface area (Å²) < 4.78 is 13.0. The second-order valence-corrected chi connectivity index (χ2v) is 7.48. The monoisotopic (exact) mass is 378 g/mol. The van der Waals surface area contributed by atoms with Crippen LogP contribution in [0, 0.1) is 4.51 Å². The second kappa shape index (κ2) is 7.52. The zero-order chi connectivity index (χ0) is 17.9. The Balaban J connectivity index is 1.98. The molecule has 0 bridgehead atoms. The van der Waals surface area contributed by atoms with E-state index in [0.29, 0.717) is 6.61 Å². The van der Waals surface area contributed by atoms with Gasteiger partial charge in [0.15, 0.2) is 11.3 Å². The van der Waals surface area contributed by atoms with Gasteiger partial charge in [0, 0.05) is 15.2 Å². The number of hydrogen-bond acceptors (Lipinski definition) is 4. The summed E-state index contributed by atoms with van der Waals surface area (Å²) in [7, 11) is 0. The molecule has 1 heterocycles. The van der Waals surface area contributed by atoms with Crippen LogP contribution < -0.4 is 4.74 Å². The largest absolute Gasteiger partial charge is 0.490 e. The molecular weight excluding hydrogens is 360 g/mol. The SMILES string of the molecule is CCCOc1ccc(Sc2ccccc2)c2c(=S)c3ccccc3oc12. The summed E-state index contributed by atoms with van der Waals surface area (Å²) in [5, 5.41) is 1.90. The predicted molar refractivity (Wildman–Crippen MR) is 111 cm³/mol. The molecular formula is C22H18O2S2. The summed E-state index contributed by atoms with van der Waals surface area (Å²) in [6.07, 6.45) is 0.941. The van der Waals surface area contributed by atoms with Gasteiger partial charge in [0.05, 0.1) is 16.5 Å². The highest BCUT2D eigenvalue weighted by Crippen LogP contribution is 2.40. The molecule has 26 heavy (non-hydrogen) atoms. The van der Waals surface area contributed by atoms with E-state index in [-0.39, 0.29) is 0 Å². The van der Waals surface area contributed by atoms with Crippen molar-refractivity contribution in [1.82, 2.24) is 0 Å². The van der Waals surface area contributed by atoms with Gasteiger partial charge in [0.1, 0.15) is 5.58 Å². The first-order chi connectivity index (χ1) is 12.8. The zero-order valence-electron chi connectivity index (χ0n) is 14.4. The summed E-state index contributed by atoms with van der Waals surface area (Å²) in [5.74, 6) is 0.746. The topological polar surface area (TPSA) is 22.4 Å². The van der Waals surface area contributed by atoms with Crippen molar-refractivity contribution in [3.8, 4) is 5.75 Å². The molecule has 3 aromatic carbocycles. The summed E-state index contributed by atoms with van der Waals surface area (Å²) in [6, 6.07) is 22.3. The van der Waals surface area contributed by atoms with Crippen LogP contribution >= 0.6 is 24.0 Å². The minimum Gasteiger partial charge on any atom is -0.490 e. The minimum atomic E-state index is 0.648. The maximum Gasteiger partial charge on any atom is 0.179 e. The molecule has 2 nitrogen and oxygen atoms in total. The van der Waals surface area contributed by atoms with Crippen LogP contribution in [0.5, 0.6) is 5.75 Å². The molecule has 130 valence electrons. The van der Waals surface area contributed by atoms with Gasteiger partial charge in [-0.3, -0.25) is 0 Å². The van der Waals surface area contributed by atoms with E-state index in [2.05, 4.69) is 25.1 Å². The van der Waals surface area contributed by atoms with Crippen LogP contribution in [0.1, 0.15) is 13.3 Å². The Labute approximate surface area is 161 Å². The van der Waals surface area contributed by atoms with Gasteiger partial charge in [-0.15, -0.1) is 0 Å². The Hall–Kier alpha value is -2.30. The lowest BCUT2D eigenvalue weighted by atomic mass is 10.1. The molecule has 0 radical (unpaired) electrons. The normalized spacial score (nSPS) is 11.1. The van der Waals surface area contributed by atoms with E-state index in [1.807, 2.05) is 48.5 Å². The highest BCUT2D eigenvalue weighted by Gasteiger charge is 2.15. The number of rotatable bonds is 5. The molecule has 0 aliphatic rings. The molecule has 4 aromatic rings. The molecule has 0 fully saturated rings. The van der Waals surface area contributed by atoms with Gasteiger partial charge in [0.2, 0.25) is 0 Å². The lowest BCUT2D eigenvalue weighted by molar-refractivity contribution is 0.316. The lowest BCUT2D eigenvalue weighted by Crippen LogP contribution is -1.96. The van der Waals surface area contributed by atoms with Crippen molar-refractivity contribution < 1.29 is 9.15 Å². The van der Waals surface area contributed by atoms with Gasteiger partial charge in [-0.05, 0) is 42.8 Å². The van der Waals surface area contributed by atoms with Crippen LogP contribution in [-0.4, -0.2) is 6.61 Å². The van der Waals surface area contributed by atoms with Crippen molar-refractivity contribution in [2.75, 3.05) is 6.61 Å². The van der Waals surface area contributed by atoms with Crippen molar-refractivity contribution in [3.63, 3.8) is 0 Å². The van der Waals surface area contributed by atoms with Gasteiger partial charge in [0.25, 0.3) is 0 Å². The van der Waals surface area contributed by atoms with Crippen molar-refractivity contribution in [1.29, 1.82) is 0 Å². The molecule has 4 heteroatoms. The molecule has 0 saturated carbocycles. The molecule has 0 aliphatic carbocycles. The first-order valence-corrected chi connectivity index (χ1v) is 9.84. The zero-order valence-corrected chi connectivity index (χ0v) is 16.0. The fraction of sp³-hybridized carbons (Fsp3) is 0.136. The molecule has 0 N–H and O–H groups in total. The van der Waals surface area contributed by atoms with Gasteiger partial charge >= 0.3 is 0 Å². The van der Waals surface area contributed by atoms with Crippen LogP contribution in [0.3, 0.4) is 0 Å². The van der Waals surface area contributed by atoms with E-state index in [4.69, 9.17) is 21.4 Å². The van der Waals surface area contributed by atoms with Crippen LogP contribution in [0.15, 0.2) is 80.9 Å². The molecule has 0 spiro atoms. The highest BCUT2D eigenvalue weighted by atomic mass is 32.2. The predicted octanol–water partition coefficient (Wildman–Crippen LogP) is 7.26. The van der Waals surface area contributed by atoms with E-state index < -0.39 is 0 Å². The van der Waals surface area contributed by atoms with Crippen LogP contribution in [0.4, 0.5) is 0 Å². The van der Waals surface area contributed by atoms with E-state index in [1.54, 1.807) is 11.8 Å². The van der Waals surface area contributed by atoms with Crippen molar-refractivity contribution in [2.45, 2.75) is 23.1 Å². The maximum atomic E-state index is 6.23. The number of hydrogen-bond donors (Lipinski definition) is 0. The van der Waals surface area contributed by atoms with E-state index in [0.717, 1.165) is 43.5 Å². The third-order valence-corrected chi connectivity index (χ3v) is 5.58. The van der Waals surface area contributed by atoms with Crippen molar-refractivity contribution in [2.24, 2.45) is 0 Å². The van der Waals surface area contributed by atoms with Crippen molar-refractivity contribution in [3.05, 3.63) is 71.2 Å². The first kappa shape index (κ1) is 17.1. The number of para-hydroxylation sites is 1. The smallest absolute Gasteiger partial charge is 0.179 e. The molecule has 0 aliphatic heterocycles. The Morgan fingerprint density at radius 3 is 2.54 bits per heavy atom. The molecule has 0 unspecified atom stereocenters. The van der Waals surface area contributed by atoms with Crippen LogP contribution in [0.25, 0.3) is 21.9 Å². The second-order valence-electron chi connectivity index (χ2n) is 5.96. The molecule has 1 aromatic heterocycles. The molecule has 0 amide bonds. The summed E-state index contributed by atoms with van der Waals surface area (Å²) in [6.45, 7) is 2.74.